The van der Waals surface area contributed by atoms with Gasteiger partial charge in [0.1, 0.15) is 17.0 Å². The van der Waals surface area contributed by atoms with Gasteiger partial charge >= 0.3 is 0 Å². The third-order valence-electron chi connectivity index (χ3n) is 3.11. The van der Waals surface area contributed by atoms with Crippen molar-refractivity contribution in [1.82, 2.24) is 4.98 Å². The Morgan fingerprint density at radius 1 is 1.11 bits per heavy atom. The Balaban J connectivity index is 2.81. The first-order valence-electron chi connectivity index (χ1n) is 6.53. The van der Waals surface area contributed by atoms with E-state index in [-0.39, 0.29) is 0 Å². The number of anilines is 1. The number of hydrogen-bond donors (Lipinski definition) is 1. The molecule has 0 amide bonds. The van der Waals surface area contributed by atoms with E-state index < -0.39 is 0 Å². The van der Waals surface area contributed by atoms with Gasteiger partial charge in [-0.25, -0.2) is 4.98 Å². The van der Waals surface area contributed by atoms with E-state index in [9.17, 15) is 0 Å². The van der Waals surface area contributed by atoms with E-state index in [0.29, 0.717) is 0 Å². The Kier molecular flexibility index (Phi) is 4.10. The second-order valence-corrected chi connectivity index (χ2v) is 4.24. The molecule has 0 aliphatic rings. The van der Waals surface area contributed by atoms with Crippen LogP contribution in [0.15, 0.2) is 18.2 Å². The van der Waals surface area contributed by atoms with Crippen molar-refractivity contribution in [1.29, 1.82) is 0 Å². The standard InChI is InChI=1S/C15H20N2O2/c1-5-10-9-11(16-6-2)14-12(18-3)7-8-13(19-4)15(14)17-10/h7-9H,5-6H2,1-4H3,(H,16,17). The van der Waals surface area contributed by atoms with Crippen LogP contribution in [-0.4, -0.2) is 25.7 Å². The highest BCUT2D eigenvalue weighted by Crippen LogP contribution is 2.37. The summed E-state index contributed by atoms with van der Waals surface area (Å²) in [6, 6.07) is 5.88. The lowest BCUT2D eigenvalue weighted by Crippen LogP contribution is -2.02. The van der Waals surface area contributed by atoms with Gasteiger partial charge in [-0.1, -0.05) is 6.92 Å². The zero-order valence-electron chi connectivity index (χ0n) is 11.9. The molecule has 2 aromatic rings. The number of benzene rings is 1. The molecule has 2 rings (SSSR count). The van der Waals surface area contributed by atoms with E-state index in [2.05, 4.69) is 30.2 Å². The van der Waals surface area contributed by atoms with Crippen LogP contribution in [0.3, 0.4) is 0 Å². The summed E-state index contributed by atoms with van der Waals surface area (Å²) in [6.45, 7) is 5.02. The van der Waals surface area contributed by atoms with E-state index >= 15 is 0 Å². The molecule has 1 heterocycles. The average Bonchev–Trinajstić information content (AvgIpc) is 2.46. The van der Waals surface area contributed by atoms with Crippen molar-refractivity contribution >= 4 is 16.6 Å². The summed E-state index contributed by atoms with van der Waals surface area (Å²) in [7, 11) is 3.33. The van der Waals surface area contributed by atoms with Gasteiger partial charge in [-0.15, -0.1) is 0 Å². The molecule has 0 spiro atoms. The number of nitrogens with one attached hydrogen (secondary N) is 1. The molecule has 4 heteroatoms. The highest BCUT2D eigenvalue weighted by atomic mass is 16.5. The molecular formula is C15H20N2O2. The lowest BCUT2D eigenvalue weighted by molar-refractivity contribution is 0.410. The number of pyridine rings is 1. The normalized spacial score (nSPS) is 10.5. The summed E-state index contributed by atoms with van der Waals surface area (Å²) in [4.78, 5) is 4.67. The minimum Gasteiger partial charge on any atom is -0.496 e. The topological polar surface area (TPSA) is 43.4 Å². The Bertz CT molecular complexity index is 582. The molecule has 4 nitrogen and oxygen atoms in total. The van der Waals surface area contributed by atoms with Gasteiger partial charge in [0.2, 0.25) is 0 Å². The molecule has 102 valence electrons. The second kappa shape index (κ2) is 5.78. The number of ether oxygens (including phenoxy) is 2. The monoisotopic (exact) mass is 260 g/mol. The van der Waals surface area contributed by atoms with E-state index in [0.717, 1.165) is 46.7 Å². The number of rotatable bonds is 5. The second-order valence-electron chi connectivity index (χ2n) is 4.24. The minimum absolute atomic E-state index is 0.769. The minimum atomic E-state index is 0.769. The van der Waals surface area contributed by atoms with Crippen LogP contribution in [-0.2, 0) is 6.42 Å². The fraction of sp³-hybridized carbons (Fsp3) is 0.400. The molecule has 0 atom stereocenters. The summed E-state index contributed by atoms with van der Waals surface area (Å²) < 4.78 is 10.9. The van der Waals surface area contributed by atoms with Crippen LogP contribution < -0.4 is 14.8 Å². The maximum Gasteiger partial charge on any atom is 0.145 e. The molecule has 0 bridgehead atoms. The Morgan fingerprint density at radius 2 is 1.79 bits per heavy atom. The largest absolute Gasteiger partial charge is 0.496 e. The lowest BCUT2D eigenvalue weighted by Gasteiger charge is -2.15. The van der Waals surface area contributed by atoms with Crippen molar-refractivity contribution in [3.8, 4) is 11.5 Å². The molecule has 1 N–H and O–H groups in total. The Hall–Kier alpha value is -1.97. The van der Waals surface area contributed by atoms with Crippen LogP contribution in [0, 0.1) is 0 Å². The molecule has 19 heavy (non-hydrogen) atoms. The van der Waals surface area contributed by atoms with Gasteiger partial charge in [0.05, 0.1) is 19.6 Å². The van der Waals surface area contributed by atoms with Crippen molar-refractivity contribution in [3.05, 3.63) is 23.9 Å². The third kappa shape index (κ3) is 2.43. The van der Waals surface area contributed by atoms with Gasteiger partial charge in [-0.2, -0.15) is 0 Å². The highest BCUT2D eigenvalue weighted by molar-refractivity contribution is 6.00. The fourth-order valence-electron chi connectivity index (χ4n) is 2.19. The van der Waals surface area contributed by atoms with E-state index in [4.69, 9.17) is 9.47 Å². The quantitative estimate of drug-likeness (QED) is 0.896. The zero-order valence-corrected chi connectivity index (χ0v) is 11.9. The van der Waals surface area contributed by atoms with Crippen LogP contribution >= 0.6 is 0 Å². The maximum atomic E-state index is 5.45. The number of aromatic nitrogens is 1. The first-order valence-corrected chi connectivity index (χ1v) is 6.53. The van der Waals surface area contributed by atoms with Gasteiger partial charge in [-0.3, -0.25) is 0 Å². The van der Waals surface area contributed by atoms with Gasteiger partial charge < -0.3 is 14.8 Å². The summed E-state index contributed by atoms with van der Waals surface area (Å²) in [5.41, 5.74) is 2.92. The van der Waals surface area contributed by atoms with Crippen molar-refractivity contribution in [2.24, 2.45) is 0 Å². The molecule has 1 aromatic heterocycles. The Morgan fingerprint density at radius 3 is 2.37 bits per heavy atom. The lowest BCUT2D eigenvalue weighted by atomic mass is 10.1. The summed E-state index contributed by atoms with van der Waals surface area (Å²) in [5.74, 6) is 1.58. The molecule has 0 saturated heterocycles. The molecule has 1 aromatic carbocycles. The van der Waals surface area contributed by atoms with Crippen molar-refractivity contribution in [2.75, 3.05) is 26.1 Å². The number of hydrogen-bond acceptors (Lipinski definition) is 4. The number of aryl methyl sites for hydroxylation is 1. The fourth-order valence-corrected chi connectivity index (χ4v) is 2.19. The van der Waals surface area contributed by atoms with Gasteiger partial charge in [0.25, 0.3) is 0 Å². The molecule has 0 fully saturated rings. The van der Waals surface area contributed by atoms with E-state index in [1.165, 1.54) is 0 Å². The van der Waals surface area contributed by atoms with E-state index in [1.54, 1.807) is 14.2 Å². The van der Waals surface area contributed by atoms with Crippen molar-refractivity contribution < 1.29 is 9.47 Å². The van der Waals surface area contributed by atoms with Crippen LogP contribution in [0.1, 0.15) is 19.5 Å². The molecule has 0 unspecified atom stereocenters. The van der Waals surface area contributed by atoms with Crippen LogP contribution in [0.5, 0.6) is 11.5 Å². The number of fused-ring (bicyclic) bond motifs is 1. The molecule has 0 radical (unpaired) electrons. The third-order valence-corrected chi connectivity index (χ3v) is 3.11. The summed E-state index contributed by atoms with van der Waals surface area (Å²) >= 11 is 0. The molecular weight excluding hydrogens is 240 g/mol. The van der Waals surface area contributed by atoms with Crippen LogP contribution in [0.25, 0.3) is 10.9 Å². The number of nitrogens with zero attached hydrogens (tertiary/aromatic N) is 1. The molecule has 0 aliphatic heterocycles. The number of methoxy groups -OCH3 is 2. The molecule has 0 saturated carbocycles. The predicted octanol–water partition coefficient (Wildman–Crippen LogP) is 3.25. The predicted molar refractivity (Wildman–Crippen MR) is 78.4 cm³/mol. The SMILES string of the molecule is CCNc1cc(CC)nc2c(OC)ccc(OC)c12. The van der Waals surface area contributed by atoms with E-state index in [1.807, 2.05) is 12.1 Å². The Labute approximate surface area is 113 Å². The van der Waals surface area contributed by atoms with Crippen LogP contribution in [0.2, 0.25) is 0 Å². The van der Waals surface area contributed by atoms with Gasteiger partial charge in [0.15, 0.2) is 0 Å². The average molecular weight is 260 g/mol. The zero-order chi connectivity index (χ0) is 13.8. The van der Waals surface area contributed by atoms with Gasteiger partial charge in [0, 0.05) is 17.9 Å². The highest BCUT2D eigenvalue weighted by Gasteiger charge is 2.14. The van der Waals surface area contributed by atoms with Crippen molar-refractivity contribution in [3.63, 3.8) is 0 Å². The first-order chi connectivity index (χ1) is 9.24. The van der Waals surface area contributed by atoms with Gasteiger partial charge in [-0.05, 0) is 31.5 Å². The van der Waals surface area contributed by atoms with Crippen LogP contribution in [0.4, 0.5) is 5.69 Å². The maximum absolute atomic E-state index is 5.45. The molecule has 0 aliphatic carbocycles. The smallest absolute Gasteiger partial charge is 0.145 e. The summed E-state index contributed by atoms with van der Waals surface area (Å²) in [5, 5.41) is 4.35. The first kappa shape index (κ1) is 13.5. The van der Waals surface area contributed by atoms with Crippen molar-refractivity contribution in [2.45, 2.75) is 20.3 Å². The summed E-state index contributed by atoms with van der Waals surface area (Å²) in [6.07, 6.45) is 0.884.